The third kappa shape index (κ3) is 2.82. The molecule has 4 rings (SSSR count). The summed E-state index contributed by atoms with van der Waals surface area (Å²) < 4.78 is 2.22. The van der Waals surface area contributed by atoms with Crippen molar-refractivity contribution in [2.24, 2.45) is 0 Å². The molecule has 3 aromatic rings. The van der Waals surface area contributed by atoms with Gasteiger partial charge in [0.15, 0.2) is 0 Å². The fourth-order valence-electron chi connectivity index (χ4n) is 3.44. The molecule has 4 heteroatoms. The Hall–Kier alpha value is -2.33. The van der Waals surface area contributed by atoms with E-state index in [1.165, 1.54) is 38.0 Å². The average Bonchev–Trinajstić information content (AvgIpc) is 2.95. The molecule has 1 aliphatic heterocycles. The molecule has 3 heterocycles. The third-order valence-corrected chi connectivity index (χ3v) is 4.61. The smallest absolute Gasteiger partial charge is 0.137 e. The number of hydrogen-bond acceptors (Lipinski definition) is 3. The molecule has 0 aliphatic carbocycles. The van der Waals surface area contributed by atoms with Gasteiger partial charge in [-0.3, -0.25) is 4.90 Å². The molecule has 0 saturated carbocycles. The van der Waals surface area contributed by atoms with Crippen molar-refractivity contribution in [3.8, 4) is 11.3 Å². The van der Waals surface area contributed by atoms with Gasteiger partial charge in [-0.05, 0) is 50.2 Å². The van der Waals surface area contributed by atoms with E-state index < -0.39 is 0 Å². The second-order valence-corrected chi connectivity index (χ2v) is 6.30. The maximum Gasteiger partial charge on any atom is 0.137 e. The number of hydrogen-bond donors (Lipinski definition) is 1. The lowest BCUT2D eigenvalue weighted by Crippen LogP contribution is -2.29. The van der Waals surface area contributed by atoms with Crippen LogP contribution in [-0.4, -0.2) is 27.4 Å². The van der Waals surface area contributed by atoms with Crippen LogP contribution in [0.25, 0.3) is 16.9 Å². The Balaban J connectivity index is 1.80. The highest BCUT2D eigenvalue weighted by Gasteiger charge is 2.18. The van der Waals surface area contributed by atoms with Gasteiger partial charge in [0.1, 0.15) is 5.65 Å². The summed E-state index contributed by atoms with van der Waals surface area (Å²) in [5.41, 5.74) is 11.2. The predicted octanol–water partition coefficient (Wildman–Crippen LogP) is 3.57. The van der Waals surface area contributed by atoms with Crippen molar-refractivity contribution in [3.63, 3.8) is 0 Å². The Morgan fingerprint density at radius 2 is 1.87 bits per heavy atom. The summed E-state index contributed by atoms with van der Waals surface area (Å²) in [6.45, 7) is 3.29. The Labute approximate surface area is 136 Å². The summed E-state index contributed by atoms with van der Waals surface area (Å²) >= 11 is 0. The van der Waals surface area contributed by atoms with Gasteiger partial charge in [-0.25, -0.2) is 4.98 Å². The number of anilines is 1. The molecule has 0 bridgehead atoms. The molecular weight excluding hydrogens is 284 g/mol. The van der Waals surface area contributed by atoms with Crippen LogP contribution in [0.2, 0.25) is 0 Å². The van der Waals surface area contributed by atoms with Crippen molar-refractivity contribution in [3.05, 3.63) is 54.4 Å². The summed E-state index contributed by atoms with van der Waals surface area (Å²) in [5.74, 6) is 0. The van der Waals surface area contributed by atoms with E-state index >= 15 is 0 Å². The van der Waals surface area contributed by atoms with Crippen LogP contribution in [0, 0.1) is 0 Å². The molecule has 0 amide bonds. The highest BCUT2D eigenvalue weighted by Crippen LogP contribution is 2.27. The van der Waals surface area contributed by atoms with Crippen molar-refractivity contribution in [2.45, 2.75) is 25.8 Å². The molecule has 118 valence electrons. The summed E-state index contributed by atoms with van der Waals surface area (Å²) in [7, 11) is 0. The predicted molar refractivity (Wildman–Crippen MR) is 94.2 cm³/mol. The van der Waals surface area contributed by atoms with Crippen LogP contribution in [0.4, 0.5) is 5.69 Å². The van der Waals surface area contributed by atoms with Gasteiger partial charge in [0.2, 0.25) is 0 Å². The van der Waals surface area contributed by atoms with Crippen LogP contribution in [0.3, 0.4) is 0 Å². The van der Waals surface area contributed by atoms with Crippen LogP contribution in [0.5, 0.6) is 0 Å². The van der Waals surface area contributed by atoms with Crippen molar-refractivity contribution in [1.82, 2.24) is 14.3 Å². The minimum atomic E-state index is 0.781. The fourth-order valence-corrected chi connectivity index (χ4v) is 3.44. The van der Waals surface area contributed by atoms with E-state index in [0.717, 1.165) is 29.1 Å². The molecule has 4 nitrogen and oxygen atoms in total. The van der Waals surface area contributed by atoms with Gasteiger partial charge in [-0.1, -0.05) is 24.6 Å². The monoisotopic (exact) mass is 306 g/mol. The molecule has 0 atom stereocenters. The average molecular weight is 306 g/mol. The SMILES string of the molecule is Nc1cccc(-c2nc3ccccn3c2CN2CCCCC2)c1. The number of fused-ring (bicyclic) bond motifs is 1. The van der Waals surface area contributed by atoms with Crippen LogP contribution in [-0.2, 0) is 6.54 Å². The van der Waals surface area contributed by atoms with E-state index in [-0.39, 0.29) is 0 Å². The number of nitrogen functional groups attached to an aromatic ring is 1. The third-order valence-electron chi connectivity index (χ3n) is 4.61. The molecule has 0 radical (unpaired) electrons. The number of pyridine rings is 1. The standard InChI is InChI=1S/C19H22N4/c20-16-8-6-7-15(13-16)19-17(14-22-10-3-1-4-11-22)23-12-5-2-9-18(23)21-19/h2,5-9,12-13H,1,3-4,10-11,14,20H2. The first-order valence-electron chi connectivity index (χ1n) is 8.35. The lowest BCUT2D eigenvalue weighted by atomic mass is 10.1. The van der Waals surface area contributed by atoms with Gasteiger partial charge in [-0.15, -0.1) is 0 Å². The van der Waals surface area contributed by atoms with Gasteiger partial charge >= 0.3 is 0 Å². The maximum atomic E-state index is 5.98. The van der Waals surface area contributed by atoms with Gasteiger partial charge < -0.3 is 10.1 Å². The number of aromatic nitrogens is 2. The van der Waals surface area contributed by atoms with Gasteiger partial charge in [-0.2, -0.15) is 0 Å². The lowest BCUT2D eigenvalue weighted by molar-refractivity contribution is 0.218. The van der Waals surface area contributed by atoms with Crippen LogP contribution in [0.1, 0.15) is 25.0 Å². The number of piperidine rings is 1. The van der Waals surface area contributed by atoms with E-state index in [2.05, 4.69) is 33.7 Å². The Morgan fingerprint density at radius 3 is 2.70 bits per heavy atom. The van der Waals surface area contributed by atoms with E-state index in [1.807, 2.05) is 24.3 Å². The summed E-state index contributed by atoms with van der Waals surface area (Å²) in [6.07, 6.45) is 6.05. The largest absolute Gasteiger partial charge is 0.399 e. The molecular formula is C19H22N4. The van der Waals surface area contributed by atoms with Gasteiger partial charge in [0.05, 0.1) is 11.4 Å². The Kier molecular flexibility index (Phi) is 3.75. The number of nitrogens with two attached hydrogens (primary N) is 1. The molecule has 2 N–H and O–H groups in total. The fraction of sp³-hybridized carbons (Fsp3) is 0.316. The molecule has 23 heavy (non-hydrogen) atoms. The topological polar surface area (TPSA) is 46.6 Å². The van der Waals surface area contributed by atoms with Crippen LogP contribution < -0.4 is 5.73 Å². The minimum Gasteiger partial charge on any atom is -0.399 e. The molecule has 1 aliphatic rings. The van der Waals surface area contributed by atoms with E-state index in [9.17, 15) is 0 Å². The molecule has 0 spiro atoms. The Morgan fingerprint density at radius 1 is 1.00 bits per heavy atom. The molecule has 2 aromatic heterocycles. The maximum absolute atomic E-state index is 5.98. The zero-order valence-electron chi connectivity index (χ0n) is 13.3. The molecule has 1 fully saturated rings. The second-order valence-electron chi connectivity index (χ2n) is 6.30. The summed E-state index contributed by atoms with van der Waals surface area (Å²) in [4.78, 5) is 7.41. The van der Waals surface area contributed by atoms with E-state index in [4.69, 9.17) is 10.7 Å². The van der Waals surface area contributed by atoms with E-state index in [1.54, 1.807) is 0 Å². The zero-order valence-corrected chi connectivity index (χ0v) is 13.3. The lowest BCUT2D eigenvalue weighted by Gasteiger charge is -2.26. The summed E-state index contributed by atoms with van der Waals surface area (Å²) in [6, 6.07) is 14.2. The van der Waals surface area contributed by atoms with Crippen molar-refractivity contribution < 1.29 is 0 Å². The number of rotatable bonds is 3. The molecule has 0 unspecified atom stereocenters. The minimum absolute atomic E-state index is 0.781. The molecule has 1 saturated heterocycles. The van der Waals surface area contributed by atoms with Crippen LogP contribution >= 0.6 is 0 Å². The number of nitrogens with zero attached hydrogens (tertiary/aromatic N) is 3. The van der Waals surface area contributed by atoms with Crippen molar-refractivity contribution in [2.75, 3.05) is 18.8 Å². The first-order valence-corrected chi connectivity index (χ1v) is 8.35. The van der Waals surface area contributed by atoms with E-state index in [0.29, 0.717) is 0 Å². The first kappa shape index (κ1) is 14.3. The zero-order chi connectivity index (χ0) is 15.6. The van der Waals surface area contributed by atoms with Gasteiger partial charge in [0.25, 0.3) is 0 Å². The normalized spacial score (nSPS) is 16.0. The quantitative estimate of drug-likeness (QED) is 0.753. The Bertz CT molecular complexity index is 815. The first-order chi connectivity index (χ1) is 11.3. The van der Waals surface area contributed by atoms with Gasteiger partial charge in [0, 0.05) is 24.0 Å². The number of likely N-dealkylation sites (tertiary alicyclic amines) is 1. The number of imidazole rings is 1. The van der Waals surface area contributed by atoms with Crippen LogP contribution in [0.15, 0.2) is 48.7 Å². The summed E-state index contributed by atoms with van der Waals surface area (Å²) in [5, 5.41) is 0. The highest BCUT2D eigenvalue weighted by atomic mass is 15.2. The van der Waals surface area contributed by atoms with Crippen molar-refractivity contribution >= 4 is 11.3 Å². The van der Waals surface area contributed by atoms with Crippen molar-refractivity contribution in [1.29, 1.82) is 0 Å². The highest BCUT2D eigenvalue weighted by molar-refractivity contribution is 5.69. The molecule has 1 aromatic carbocycles. The second kappa shape index (κ2) is 6.05. The number of benzene rings is 1.